The normalized spacial score (nSPS) is 20.4. The summed E-state index contributed by atoms with van der Waals surface area (Å²) >= 11 is 6.02. The number of esters is 1. The molecule has 0 fully saturated rings. The van der Waals surface area contributed by atoms with Gasteiger partial charge in [0.05, 0.1) is 12.2 Å². The van der Waals surface area contributed by atoms with Gasteiger partial charge in [0.1, 0.15) is 12.4 Å². The lowest BCUT2D eigenvalue weighted by atomic mass is 9.71. The molecule has 0 unspecified atom stereocenters. The van der Waals surface area contributed by atoms with Gasteiger partial charge < -0.3 is 14.8 Å². The number of allylic oxidation sites excluding steroid dienone is 3. The van der Waals surface area contributed by atoms with Crippen molar-refractivity contribution in [1.82, 2.24) is 5.32 Å². The van der Waals surface area contributed by atoms with Gasteiger partial charge >= 0.3 is 5.97 Å². The highest BCUT2D eigenvalue weighted by molar-refractivity contribution is 6.30. The standard InChI is InChI=1S/C26H25ClFNO4/c1-15-23(26(31)33-11-10-32-2)24(17-4-3-5-20(28)12-17)25-21(29-15)13-18(14-22(25)30)16-6-8-19(27)9-7-16/h3-9,12,18,24,29H,10-11,13-14H2,1-2H3/t18-,24-/m1/s1. The van der Waals surface area contributed by atoms with Gasteiger partial charge in [-0.05, 0) is 54.7 Å². The number of rotatable bonds is 6. The first-order valence-corrected chi connectivity index (χ1v) is 11.2. The first kappa shape index (κ1) is 23.2. The van der Waals surface area contributed by atoms with Crippen LogP contribution in [0.4, 0.5) is 4.39 Å². The molecule has 172 valence electrons. The van der Waals surface area contributed by atoms with Crippen molar-refractivity contribution in [3.63, 3.8) is 0 Å². The van der Waals surface area contributed by atoms with Crippen molar-refractivity contribution in [1.29, 1.82) is 0 Å². The van der Waals surface area contributed by atoms with Crippen LogP contribution in [0.25, 0.3) is 0 Å². The van der Waals surface area contributed by atoms with Gasteiger partial charge in [0.25, 0.3) is 0 Å². The molecule has 1 N–H and O–H groups in total. The molecule has 0 saturated heterocycles. The number of benzene rings is 2. The molecule has 2 atom stereocenters. The number of dihydropyridines is 1. The van der Waals surface area contributed by atoms with E-state index < -0.39 is 17.7 Å². The van der Waals surface area contributed by atoms with Crippen molar-refractivity contribution >= 4 is 23.4 Å². The van der Waals surface area contributed by atoms with Crippen molar-refractivity contribution in [2.45, 2.75) is 31.6 Å². The van der Waals surface area contributed by atoms with Crippen LogP contribution in [0.5, 0.6) is 0 Å². The fraction of sp³-hybridized carbons (Fsp3) is 0.308. The van der Waals surface area contributed by atoms with Gasteiger partial charge in [-0.25, -0.2) is 9.18 Å². The summed E-state index contributed by atoms with van der Waals surface area (Å²) in [5, 5.41) is 3.92. The smallest absolute Gasteiger partial charge is 0.336 e. The maximum Gasteiger partial charge on any atom is 0.336 e. The second-order valence-electron chi connectivity index (χ2n) is 8.25. The van der Waals surface area contributed by atoms with Gasteiger partial charge in [0, 0.05) is 41.4 Å². The molecule has 1 aliphatic carbocycles. The van der Waals surface area contributed by atoms with Crippen molar-refractivity contribution in [2.24, 2.45) is 0 Å². The number of Topliss-reactive ketones (excluding diaryl/α,β-unsaturated/α-hetero) is 1. The van der Waals surface area contributed by atoms with Crippen LogP contribution in [0.15, 0.2) is 71.1 Å². The van der Waals surface area contributed by atoms with E-state index in [-0.39, 0.29) is 24.9 Å². The molecule has 1 aliphatic heterocycles. The van der Waals surface area contributed by atoms with Crippen LogP contribution >= 0.6 is 11.6 Å². The van der Waals surface area contributed by atoms with E-state index in [9.17, 15) is 14.0 Å². The van der Waals surface area contributed by atoms with E-state index in [0.717, 1.165) is 11.3 Å². The third-order valence-electron chi connectivity index (χ3n) is 6.09. The van der Waals surface area contributed by atoms with Crippen molar-refractivity contribution < 1.29 is 23.5 Å². The molecule has 0 amide bonds. The van der Waals surface area contributed by atoms with E-state index in [0.29, 0.717) is 40.3 Å². The molecule has 7 heteroatoms. The van der Waals surface area contributed by atoms with Crippen LogP contribution in [0.2, 0.25) is 5.02 Å². The third kappa shape index (κ3) is 4.87. The number of carbonyl (C=O) groups excluding carboxylic acids is 2. The summed E-state index contributed by atoms with van der Waals surface area (Å²) in [6.45, 7) is 2.12. The van der Waals surface area contributed by atoms with Gasteiger partial charge in [-0.3, -0.25) is 4.79 Å². The Bertz CT molecular complexity index is 1140. The van der Waals surface area contributed by atoms with Gasteiger partial charge in [0.2, 0.25) is 0 Å². The molecule has 33 heavy (non-hydrogen) atoms. The summed E-state index contributed by atoms with van der Waals surface area (Å²) in [7, 11) is 1.52. The van der Waals surface area contributed by atoms with E-state index in [2.05, 4.69) is 5.32 Å². The van der Waals surface area contributed by atoms with E-state index >= 15 is 0 Å². The Kier molecular flexibility index (Phi) is 6.96. The lowest BCUT2D eigenvalue weighted by molar-refractivity contribution is -0.140. The van der Waals surface area contributed by atoms with E-state index in [1.165, 1.54) is 19.2 Å². The molecule has 0 spiro atoms. The Morgan fingerprint density at radius 1 is 1.12 bits per heavy atom. The fourth-order valence-corrected chi connectivity index (χ4v) is 4.72. The molecule has 2 aromatic rings. The van der Waals surface area contributed by atoms with Crippen LogP contribution in [-0.2, 0) is 19.1 Å². The van der Waals surface area contributed by atoms with E-state index in [1.807, 2.05) is 24.3 Å². The van der Waals surface area contributed by atoms with Crippen LogP contribution in [-0.4, -0.2) is 32.1 Å². The molecule has 0 radical (unpaired) electrons. The topological polar surface area (TPSA) is 64.6 Å². The van der Waals surface area contributed by atoms with Crippen LogP contribution in [0, 0.1) is 5.82 Å². The average molecular weight is 470 g/mol. The predicted octanol–water partition coefficient (Wildman–Crippen LogP) is 5.03. The predicted molar refractivity (Wildman–Crippen MR) is 123 cm³/mol. The number of hydrogen-bond donors (Lipinski definition) is 1. The number of methoxy groups -OCH3 is 1. The maximum atomic E-state index is 14.2. The molecule has 0 bridgehead atoms. The maximum absolute atomic E-state index is 14.2. The summed E-state index contributed by atoms with van der Waals surface area (Å²) in [5.74, 6) is -1.78. The van der Waals surface area contributed by atoms with E-state index in [4.69, 9.17) is 21.1 Å². The average Bonchev–Trinajstić information content (AvgIpc) is 2.78. The second kappa shape index (κ2) is 9.89. The lowest BCUT2D eigenvalue weighted by Crippen LogP contribution is -2.36. The number of hydrogen-bond acceptors (Lipinski definition) is 5. The Labute approximate surface area is 197 Å². The molecule has 5 nitrogen and oxygen atoms in total. The summed E-state index contributed by atoms with van der Waals surface area (Å²) in [5.41, 5.74) is 3.72. The molecule has 4 rings (SSSR count). The molecular weight excluding hydrogens is 445 g/mol. The van der Waals surface area contributed by atoms with Gasteiger partial charge in [-0.15, -0.1) is 0 Å². The van der Waals surface area contributed by atoms with Crippen LogP contribution in [0.1, 0.15) is 42.7 Å². The zero-order valence-electron chi connectivity index (χ0n) is 18.5. The minimum Gasteiger partial charge on any atom is -0.460 e. The summed E-state index contributed by atoms with van der Waals surface area (Å²) < 4.78 is 24.5. The Hall–Kier alpha value is -2.96. The SMILES string of the molecule is COCCOC(=O)C1=C(C)NC2=C(C(=O)C[C@H](c3ccc(Cl)cc3)C2)[C@@H]1c1cccc(F)c1. The Balaban J connectivity index is 1.74. The van der Waals surface area contributed by atoms with Gasteiger partial charge in [-0.1, -0.05) is 35.9 Å². The zero-order chi connectivity index (χ0) is 23.5. The monoisotopic (exact) mass is 469 g/mol. The fourth-order valence-electron chi connectivity index (χ4n) is 4.60. The van der Waals surface area contributed by atoms with Gasteiger partial charge in [0.15, 0.2) is 5.78 Å². The first-order chi connectivity index (χ1) is 15.9. The number of nitrogens with one attached hydrogen (secondary N) is 1. The van der Waals surface area contributed by atoms with Crippen LogP contribution < -0.4 is 5.32 Å². The summed E-state index contributed by atoms with van der Waals surface area (Å²) in [4.78, 5) is 26.5. The second-order valence-corrected chi connectivity index (χ2v) is 8.69. The lowest BCUT2D eigenvalue weighted by Gasteiger charge is -2.36. The number of carbonyl (C=O) groups is 2. The molecular formula is C26H25ClFNO4. The zero-order valence-corrected chi connectivity index (χ0v) is 19.2. The van der Waals surface area contributed by atoms with Crippen molar-refractivity contribution in [2.75, 3.05) is 20.3 Å². The minimum atomic E-state index is -0.703. The van der Waals surface area contributed by atoms with Crippen molar-refractivity contribution in [3.8, 4) is 0 Å². The number of ether oxygens (including phenoxy) is 2. The minimum absolute atomic E-state index is 0.0165. The quantitative estimate of drug-likeness (QED) is 0.475. The Morgan fingerprint density at radius 2 is 1.88 bits per heavy atom. The summed E-state index contributed by atoms with van der Waals surface area (Å²) in [6.07, 6.45) is 0.886. The molecule has 2 aromatic carbocycles. The largest absolute Gasteiger partial charge is 0.460 e. The Morgan fingerprint density at radius 3 is 2.58 bits per heavy atom. The third-order valence-corrected chi connectivity index (χ3v) is 6.34. The van der Waals surface area contributed by atoms with Gasteiger partial charge in [-0.2, -0.15) is 0 Å². The summed E-state index contributed by atoms with van der Waals surface area (Å²) in [6, 6.07) is 13.5. The molecule has 0 aromatic heterocycles. The molecule has 1 heterocycles. The molecule has 0 saturated carbocycles. The highest BCUT2D eigenvalue weighted by Crippen LogP contribution is 2.45. The van der Waals surface area contributed by atoms with Crippen LogP contribution in [0.3, 0.4) is 0 Å². The first-order valence-electron chi connectivity index (χ1n) is 10.8. The molecule has 2 aliphatic rings. The van der Waals surface area contributed by atoms with Crippen molar-refractivity contribution in [3.05, 3.63) is 93.0 Å². The number of halogens is 2. The highest BCUT2D eigenvalue weighted by Gasteiger charge is 2.41. The highest BCUT2D eigenvalue weighted by atomic mass is 35.5. The van der Waals surface area contributed by atoms with E-state index in [1.54, 1.807) is 19.1 Å². The number of ketones is 1.